The van der Waals surface area contributed by atoms with Gasteiger partial charge in [0.2, 0.25) is 25.0 Å². The molecular weight excluding hydrogens is 641 g/mol. The molecule has 0 N–H and O–H groups in total. The number of hydrogen-bond donors (Lipinski definition) is 0. The maximum absolute atomic E-state index is 7.78. The van der Waals surface area contributed by atoms with Crippen LogP contribution in [0.15, 0.2) is 182 Å². The Balaban J connectivity index is 1.58. The maximum Gasteiger partial charge on any atom is 0.467 e. The molecule has 0 heterocycles. The molecule has 0 aliphatic rings. The van der Waals surface area contributed by atoms with Gasteiger partial charge >= 0.3 is 8.80 Å². The highest BCUT2D eigenvalue weighted by molar-refractivity contribution is 7.07. The molecule has 0 saturated heterocycles. The van der Waals surface area contributed by atoms with E-state index in [1.54, 1.807) is 0 Å². The first-order valence-electron chi connectivity index (χ1n) is 16.2. The van der Waals surface area contributed by atoms with Gasteiger partial charge in [0.25, 0.3) is 0 Å². The SMILES string of the molecule is C[Si](O[Si](C)(c1ccccc1)c1ccccc1)(O[Si](C)(c1ccccc1)c1ccccc1)O[Si](C)(c1ccccc1)c1ccccc1. The van der Waals surface area contributed by atoms with Gasteiger partial charge in [-0.1, -0.05) is 182 Å². The van der Waals surface area contributed by atoms with Gasteiger partial charge < -0.3 is 12.3 Å². The Kier molecular flexibility index (Phi) is 9.86. The zero-order valence-electron chi connectivity index (χ0n) is 27.5. The van der Waals surface area contributed by atoms with Crippen molar-refractivity contribution in [2.45, 2.75) is 26.2 Å². The highest BCUT2D eigenvalue weighted by Gasteiger charge is 2.55. The van der Waals surface area contributed by atoms with Gasteiger partial charge in [-0.3, -0.25) is 0 Å². The predicted molar refractivity (Wildman–Crippen MR) is 206 cm³/mol. The van der Waals surface area contributed by atoms with Crippen LogP contribution in [0.5, 0.6) is 0 Å². The Hall–Kier alpha value is -3.93. The molecule has 3 nitrogen and oxygen atoms in total. The molecule has 6 aromatic carbocycles. The van der Waals surface area contributed by atoms with E-state index in [0.29, 0.717) is 0 Å². The molecule has 0 unspecified atom stereocenters. The molecule has 0 saturated carbocycles. The van der Waals surface area contributed by atoms with E-state index in [1.165, 1.54) is 31.1 Å². The molecular formula is C40H42O3Si4. The van der Waals surface area contributed by atoms with Crippen molar-refractivity contribution in [1.82, 2.24) is 0 Å². The maximum atomic E-state index is 7.78. The topological polar surface area (TPSA) is 27.7 Å². The Bertz CT molecular complexity index is 1510. The zero-order chi connectivity index (χ0) is 32.8. The van der Waals surface area contributed by atoms with Crippen LogP contribution >= 0.6 is 0 Å². The molecule has 0 aliphatic carbocycles. The van der Waals surface area contributed by atoms with E-state index in [-0.39, 0.29) is 0 Å². The Morgan fingerprint density at radius 1 is 0.255 bits per heavy atom. The third-order valence-corrected chi connectivity index (χ3v) is 27.1. The summed E-state index contributed by atoms with van der Waals surface area (Å²) < 4.78 is 23.3. The van der Waals surface area contributed by atoms with Crippen LogP contribution in [-0.2, 0) is 12.3 Å². The fraction of sp³-hybridized carbons (Fsp3) is 0.100. The fourth-order valence-corrected chi connectivity index (χ4v) is 25.9. The van der Waals surface area contributed by atoms with Crippen LogP contribution < -0.4 is 31.1 Å². The van der Waals surface area contributed by atoms with E-state index in [1.807, 2.05) is 0 Å². The first-order chi connectivity index (χ1) is 22.8. The lowest BCUT2D eigenvalue weighted by molar-refractivity contribution is 0.272. The predicted octanol–water partition coefficient (Wildman–Crippen LogP) is 5.77. The first-order valence-corrected chi connectivity index (χ1v) is 25.6. The van der Waals surface area contributed by atoms with E-state index < -0.39 is 33.8 Å². The third-order valence-electron chi connectivity index (χ3n) is 9.12. The summed E-state index contributed by atoms with van der Waals surface area (Å²) in [7, 11) is -12.2. The van der Waals surface area contributed by atoms with Crippen LogP contribution in [0.3, 0.4) is 0 Å². The van der Waals surface area contributed by atoms with Crippen LogP contribution in [0, 0.1) is 0 Å². The Morgan fingerprint density at radius 2 is 0.404 bits per heavy atom. The van der Waals surface area contributed by atoms with Crippen molar-refractivity contribution in [3.05, 3.63) is 182 Å². The first kappa shape index (κ1) is 33.0. The number of rotatable bonds is 12. The molecule has 236 valence electrons. The molecule has 0 radical (unpaired) electrons. The van der Waals surface area contributed by atoms with Crippen molar-refractivity contribution in [3.8, 4) is 0 Å². The second-order valence-corrected chi connectivity index (χ2v) is 26.3. The van der Waals surface area contributed by atoms with Gasteiger partial charge in [0.1, 0.15) is 0 Å². The Morgan fingerprint density at radius 3 is 0.553 bits per heavy atom. The molecule has 0 aromatic heterocycles. The summed E-state index contributed by atoms with van der Waals surface area (Å²) in [5, 5.41) is 7.10. The molecule has 0 bridgehead atoms. The van der Waals surface area contributed by atoms with Crippen LogP contribution in [0.1, 0.15) is 0 Å². The molecule has 0 atom stereocenters. The average Bonchev–Trinajstić information content (AvgIpc) is 3.13. The van der Waals surface area contributed by atoms with E-state index in [4.69, 9.17) is 12.3 Å². The lowest BCUT2D eigenvalue weighted by atomic mass is 10.4. The second kappa shape index (κ2) is 14.0. The van der Waals surface area contributed by atoms with Gasteiger partial charge in [0.15, 0.2) is 0 Å². The molecule has 6 aromatic rings. The minimum atomic E-state index is -3.57. The summed E-state index contributed by atoms with van der Waals surface area (Å²) >= 11 is 0. The van der Waals surface area contributed by atoms with Gasteiger partial charge in [-0.25, -0.2) is 0 Å². The van der Waals surface area contributed by atoms with E-state index in [0.717, 1.165) is 0 Å². The summed E-state index contributed by atoms with van der Waals surface area (Å²) in [4.78, 5) is 0. The van der Waals surface area contributed by atoms with Crippen molar-refractivity contribution in [3.63, 3.8) is 0 Å². The quantitative estimate of drug-likeness (QED) is 0.154. The minimum absolute atomic E-state index is 1.18. The van der Waals surface area contributed by atoms with E-state index in [2.05, 4.69) is 208 Å². The normalized spacial score (nSPS) is 12.5. The summed E-state index contributed by atoms with van der Waals surface area (Å²) in [5.74, 6) is 0. The number of hydrogen-bond acceptors (Lipinski definition) is 3. The van der Waals surface area contributed by atoms with Crippen molar-refractivity contribution >= 4 is 64.9 Å². The Labute approximate surface area is 284 Å². The standard InChI is InChI=1S/C40H42O3Si4/c1-44(35-23-11-5-12-24-35,36-25-13-6-14-26-36)41-47(4,42-45(2,37-27-15-7-16-28-37)38-29-17-8-18-30-38)43-46(3,39-31-19-9-20-32-39)40-33-21-10-22-34-40/h5-34H,1-4H3. The average molecular weight is 683 g/mol. The second-order valence-electron chi connectivity index (χ2n) is 12.5. The lowest BCUT2D eigenvalue weighted by Crippen LogP contribution is -2.74. The van der Waals surface area contributed by atoms with Gasteiger partial charge in [-0.15, -0.1) is 0 Å². The van der Waals surface area contributed by atoms with Crippen LogP contribution in [-0.4, -0.2) is 33.8 Å². The molecule has 47 heavy (non-hydrogen) atoms. The van der Waals surface area contributed by atoms with Gasteiger partial charge in [-0.05, 0) is 50.8 Å². The summed E-state index contributed by atoms with van der Waals surface area (Å²) in [5.41, 5.74) is 0. The van der Waals surface area contributed by atoms with E-state index in [9.17, 15) is 0 Å². The molecule has 0 fully saturated rings. The minimum Gasteiger partial charge on any atom is -0.408 e. The molecule has 7 heteroatoms. The van der Waals surface area contributed by atoms with Crippen LogP contribution in [0.2, 0.25) is 26.2 Å². The monoisotopic (exact) mass is 682 g/mol. The van der Waals surface area contributed by atoms with Crippen LogP contribution in [0.4, 0.5) is 0 Å². The van der Waals surface area contributed by atoms with Crippen molar-refractivity contribution in [2.24, 2.45) is 0 Å². The highest BCUT2D eigenvalue weighted by atomic mass is 28.5. The van der Waals surface area contributed by atoms with Crippen molar-refractivity contribution in [2.75, 3.05) is 0 Å². The largest absolute Gasteiger partial charge is 0.467 e. The van der Waals surface area contributed by atoms with Crippen molar-refractivity contribution < 1.29 is 12.3 Å². The summed E-state index contributed by atoms with van der Waals surface area (Å²) in [6.07, 6.45) is 0. The smallest absolute Gasteiger partial charge is 0.408 e. The van der Waals surface area contributed by atoms with E-state index >= 15 is 0 Å². The third kappa shape index (κ3) is 7.02. The van der Waals surface area contributed by atoms with Gasteiger partial charge in [-0.2, -0.15) is 0 Å². The summed E-state index contributed by atoms with van der Waals surface area (Å²) in [6.45, 7) is 9.04. The molecule has 0 aliphatic heterocycles. The highest BCUT2D eigenvalue weighted by Crippen LogP contribution is 2.27. The van der Waals surface area contributed by atoms with Crippen molar-refractivity contribution in [1.29, 1.82) is 0 Å². The van der Waals surface area contributed by atoms with Gasteiger partial charge in [0, 0.05) is 6.55 Å². The molecule has 0 amide bonds. The lowest BCUT2D eigenvalue weighted by Gasteiger charge is -2.46. The van der Waals surface area contributed by atoms with Crippen LogP contribution in [0.25, 0.3) is 0 Å². The summed E-state index contributed by atoms with van der Waals surface area (Å²) in [6, 6.07) is 64.0. The molecule has 0 spiro atoms. The fourth-order valence-electron chi connectivity index (χ4n) is 6.57. The molecule has 6 rings (SSSR count). The zero-order valence-corrected chi connectivity index (χ0v) is 31.5. The van der Waals surface area contributed by atoms with Gasteiger partial charge in [0.05, 0.1) is 0 Å². The number of benzene rings is 6.